The van der Waals surface area contributed by atoms with Gasteiger partial charge in [0.25, 0.3) is 11.8 Å². The number of amides is 2. The zero-order valence-electron chi connectivity index (χ0n) is 15.8. The van der Waals surface area contributed by atoms with Crippen molar-refractivity contribution in [2.24, 2.45) is 17.3 Å². The minimum Gasteiger partial charge on any atom is -0.464 e. The fourth-order valence-corrected chi connectivity index (χ4v) is 8.10. The molecule has 5 aliphatic rings. The first-order valence-electron chi connectivity index (χ1n) is 10.2. The molecule has 6 heteroatoms. The van der Waals surface area contributed by atoms with Crippen molar-refractivity contribution < 1.29 is 19.1 Å². The summed E-state index contributed by atoms with van der Waals surface area (Å²) in [7, 11) is 0. The molecule has 1 aromatic carbocycles. The number of alkyl halides is 1. The van der Waals surface area contributed by atoms with Gasteiger partial charge < -0.3 is 4.74 Å². The van der Waals surface area contributed by atoms with E-state index in [1.165, 1.54) is 24.2 Å². The van der Waals surface area contributed by atoms with E-state index in [0.29, 0.717) is 17.5 Å². The van der Waals surface area contributed by atoms with Gasteiger partial charge in [0.2, 0.25) is 0 Å². The molecule has 4 aliphatic carbocycles. The quantitative estimate of drug-likeness (QED) is 0.391. The highest BCUT2D eigenvalue weighted by Gasteiger charge is 2.57. The summed E-state index contributed by atoms with van der Waals surface area (Å²) in [5.74, 6) is 0.645. The maximum absolute atomic E-state index is 12.6. The van der Waals surface area contributed by atoms with Gasteiger partial charge >= 0.3 is 5.97 Å². The van der Waals surface area contributed by atoms with E-state index in [4.69, 9.17) is 4.74 Å². The third kappa shape index (κ3) is 3.00. The van der Waals surface area contributed by atoms with Crippen LogP contribution in [0.15, 0.2) is 24.3 Å². The smallest absolute Gasteiger partial charge is 0.306 e. The lowest BCUT2D eigenvalue weighted by Gasteiger charge is -2.60. The molecule has 1 aromatic rings. The zero-order chi connectivity index (χ0) is 19.5. The molecular weight excluding hydrogens is 422 g/mol. The largest absolute Gasteiger partial charge is 0.464 e. The van der Waals surface area contributed by atoms with Crippen molar-refractivity contribution in [1.82, 2.24) is 4.90 Å². The molecule has 2 atom stereocenters. The van der Waals surface area contributed by atoms with Gasteiger partial charge in [-0.15, -0.1) is 0 Å². The summed E-state index contributed by atoms with van der Waals surface area (Å²) in [4.78, 5) is 38.5. The molecule has 2 unspecified atom stereocenters. The molecule has 4 saturated carbocycles. The van der Waals surface area contributed by atoms with Crippen molar-refractivity contribution in [3.8, 4) is 0 Å². The Hall–Kier alpha value is -1.69. The van der Waals surface area contributed by atoms with Gasteiger partial charge in [-0.25, -0.2) is 0 Å². The van der Waals surface area contributed by atoms with Crippen LogP contribution in [0, 0.1) is 17.3 Å². The zero-order valence-corrected chi connectivity index (χ0v) is 17.4. The molecule has 0 aromatic heterocycles. The Morgan fingerprint density at radius 3 is 2.25 bits per heavy atom. The summed E-state index contributed by atoms with van der Waals surface area (Å²) in [6.07, 6.45) is 7.55. The highest BCUT2D eigenvalue weighted by atomic mass is 79.9. The van der Waals surface area contributed by atoms with E-state index >= 15 is 0 Å². The van der Waals surface area contributed by atoms with Crippen LogP contribution in [0.3, 0.4) is 0 Å². The number of carbonyl (C=O) groups is 3. The predicted molar refractivity (Wildman–Crippen MR) is 106 cm³/mol. The van der Waals surface area contributed by atoms with Crippen molar-refractivity contribution in [2.75, 3.05) is 13.2 Å². The number of fused-ring (bicyclic) bond motifs is 1. The Bertz CT molecular complexity index is 817. The van der Waals surface area contributed by atoms with Crippen LogP contribution in [0.4, 0.5) is 0 Å². The van der Waals surface area contributed by atoms with Crippen LogP contribution in [0.5, 0.6) is 0 Å². The average Bonchev–Trinajstić information content (AvgIpc) is 2.84. The van der Waals surface area contributed by atoms with Crippen LogP contribution in [-0.4, -0.2) is 40.2 Å². The standard InChI is InChI=1S/C22H24BrNO4/c23-22-10-14-7-15(11-22)9-21(8-14,13-22)12-18(25)28-6-5-24-19(26)16-3-1-2-4-17(16)20(24)27/h1-4,14-15H,5-13H2. The van der Waals surface area contributed by atoms with Crippen LogP contribution in [0.1, 0.15) is 65.7 Å². The molecule has 6 rings (SSSR count). The van der Waals surface area contributed by atoms with Crippen molar-refractivity contribution in [2.45, 2.75) is 49.3 Å². The first-order chi connectivity index (χ1) is 13.4. The van der Waals surface area contributed by atoms with Gasteiger partial charge in [-0.3, -0.25) is 19.3 Å². The number of nitrogens with zero attached hydrogens (tertiary/aromatic N) is 1. The number of rotatable bonds is 5. The molecule has 28 heavy (non-hydrogen) atoms. The highest BCUT2D eigenvalue weighted by molar-refractivity contribution is 9.10. The summed E-state index contributed by atoms with van der Waals surface area (Å²) in [6.45, 7) is 0.172. The fourth-order valence-electron chi connectivity index (χ4n) is 6.59. The molecule has 1 heterocycles. The van der Waals surface area contributed by atoms with Crippen molar-refractivity contribution in [3.63, 3.8) is 0 Å². The number of hydrogen-bond acceptors (Lipinski definition) is 4. The minimum atomic E-state index is -0.307. The first-order valence-corrected chi connectivity index (χ1v) is 11.0. The van der Waals surface area contributed by atoms with Crippen LogP contribution >= 0.6 is 15.9 Å². The van der Waals surface area contributed by atoms with Crippen molar-refractivity contribution in [1.29, 1.82) is 0 Å². The van der Waals surface area contributed by atoms with E-state index in [0.717, 1.165) is 31.1 Å². The minimum absolute atomic E-state index is 0.0622. The summed E-state index contributed by atoms with van der Waals surface area (Å²) in [5.41, 5.74) is 0.922. The van der Waals surface area contributed by atoms with Gasteiger partial charge in [0.1, 0.15) is 6.61 Å². The van der Waals surface area contributed by atoms with Crippen LogP contribution in [0.25, 0.3) is 0 Å². The van der Waals surface area contributed by atoms with Crippen LogP contribution in [0.2, 0.25) is 0 Å². The maximum atomic E-state index is 12.6. The second kappa shape index (κ2) is 6.41. The SMILES string of the molecule is O=C(CC12CC3CC(CC(Br)(C3)C1)C2)OCCN1C(=O)c2ccccc2C1=O. The molecule has 0 N–H and O–H groups in total. The predicted octanol–water partition coefficient (Wildman–Crippen LogP) is 3.95. The summed E-state index contributed by atoms with van der Waals surface area (Å²) in [5, 5.41) is 0. The number of hydrogen-bond donors (Lipinski definition) is 0. The van der Waals surface area contributed by atoms with Crippen molar-refractivity contribution in [3.05, 3.63) is 35.4 Å². The van der Waals surface area contributed by atoms with E-state index in [-0.39, 0.29) is 40.7 Å². The van der Waals surface area contributed by atoms with E-state index in [2.05, 4.69) is 15.9 Å². The molecule has 4 bridgehead atoms. The molecule has 1 aliphatic heterocycles. The number of imide groups is 1. The number of benzene rings is 1. The lowest BCUT2D eigenvalue weighted by atomic mass is 9.49. The maximum Gasteiger partial charge on any atom is 0.306 e. The molecular formula is C22H24BrNO4. The van der Waals surface area contributed by atoms with Crippen LogP contribution in [-0.2, 0) is 9.53 Å². The first kappa shape index (κ1) is 18.3. The molecule has 0 saturated heterocycles. The monoisotopic (exact) mass is 445 g/mol. The Balaban J connectivity index is 1.17. The van der Waals surface area contributed by atoms with Gasteiger partial charge in [-0.2, -0.15) is 0 Å². The Kier molecular flexibility index (Phi) is 4.20. The Morgan fingerprint density at radius 1 is 1.07 bits per heavy atom. The van der Waals surface area contributed by atoms with Gasteiger partial charge in [0, 0.05) is 4.32 Å². The Morgan fingerprint density at radius 2 is 1.68 bits per heavy atom. The molecule has 0 radical (unpaired) electrons. The number of esters is 1. The van der Waals surface area contributed by atoms with Crippen LogP contribution < -0.4 is 0 Å². The van der Waals surface area contributed by atoms with E-state index < -0.39 is 0 Å². The van der Waals surface area contributed by atoms with E-state index in [1.807, 2.05) is 0 Å². The Labute approximate surface area is 172 Å². The molecule has 4 fully saturated rings. The van der Waals surface area contributed by atoms with Gasteiger partial charge in [-0.05, 0) is 67.9 Å². The van der Waals surface area contributed by atoms with E-state index in [9.17, 15) is 14.4 Å². The summed E-state index contributed by atoms with van der Waals surface area (Å²) in [6, 6.07) is 6.81. The second-order valence-electron chi connectivity index (χ2n) is 9.32. The third-order valence-corrected chi connectivity index (χ3v) is 8.01. The molecule has 2 amide bonds. The topological polar surface area (TPSA) is 63.7 Å². The normalized spacial score (nSPS) is 35.4. The molecule has 5 nitrogen and oxygen atoms in total. The van der Waals surface area contributed by atoms with Crippen molar-refractivity contribution >= 4 is 33.7 Å². The average molecular weight is 446 g/mol. The number of ether oxygens (including phenoxy) is 1. The summed E-state index contributed by atoms with van der Waals surface area (Å²) >= 11 is 3.97. The number of halogens is 1. The molecule has 0 spiro atoms. The number of carbonyl (C=O) groups excluding carboxylic acids is 3. The highest BCUT2D eigenvalue weighted by Crippen LogP contribution is 2.65. The lowest BCUT2D eigenvalue weighted by molar-refractivity contribution is -0.151. The van der Waals surface area contributed by atoms with Gasteiger partial charge in [-0.1, -0.05) is 28.1 Å². The lowest BCUT2D eigenvalue weighted by Crippen LogP contribution is -2.53. The fraction of sp³-hybridized carbons (Fsp3) is 0.591. The second-order valence-corrected chi connectivity index (χ2v) is 11.0. The van der Waals surface area contributed by atoms with Gasteiger partial charge in [0.15, 0.2) is 0 Å². The summed E-state index contributed by atoms with van der Waals surface area (Å²) < 4.78 is 5.69. The third-order valence-electron chi connectivity index (χ3n) is 7.09. The van der Waals surface area contributed by atoms with Gasteiger partial charge in [0.05, 0.1) is 24.1 Å². The molecule has 148 valence electrons. The van der Waals surface area contributed by atoms with E-state index in [1.54, 1.807) is 24.3 Å².